The fourth-order valence-corrected chi connectivity index (χ4v) is 5.61. The number of morpholine rings is 1. The minimum Gasteiger partial charge on any atom is -0.493 e. The molecular weight excluding hydrogens is 504 g/mol. The van der Waals surface area contributed by atoms with Crippen molar-refractivity contribution in [2.45, 2.75) is 31.0 Å². The van der Waals surface area contributed by atoms with Gasteiger partial charge in [0, 0.05) is 24.2 Å². The van der Waals surface area contributed by atoms with Crippen LogP contribution in [0.1, 0.15) is 24.2 Å². The van der Waals surface area contributed by atoms with E-state index in [-0.39, 0.29) is 47.7 Å². The van der Waals surface area contributed by atoms with Gasteiger partial charge in [0.25, 0.3) is 5.91 Å². The van der Waals surface area contributed by atoms with Crippen LogP contribution in [0.15, 0.2) is 45.7 Å². The van der Waals surface area contributed by atoms with Gasteiger partial charge in [0.05, 0.1) is 38.4 Å². The Morgan fingerprint density at radius 2 is 1.57 bits per heavy atom. The van der Waals surface area contributed by atoms with Crippen LogP contribution < -0.4 is 19.5 Å². The van der Waals surface area contributed by atoms with Gasteiger partial charge in [0.2, 0.25) is 21.7 Å². The van der Waals surface area contributed by atoms with Gasteiger partial charge in [-0.15, -0.1) is 5.10 Å². The third-order valence-electron chi connectivity index (χ3n) is 5.70. The van der Waals surface area contributed by atoms with E-state index in [1.807, 2.05) is 13.8 Å². The number of nitrogens with zero attached hydrogens (tertiary/aromatic N) is 3. The highest BCUT2D eigenvalue weighted by atomic mass is 32.2. The number of hydrogen-bond acceptors (Lipinski definition) is 10. The quantitative estimate of drug-likeness (QED) is 0.460. The summed E-state index contributed by atoms with van der Waals surface area (Å²) in [5, 5.41) is 10.4. The summed E-state index contributed by atoms with van der Waals surface area (Å²) in [6.45, 7) is 4.19. The van der Waals surface area contributed by atoms with Crippen molar-refractivity contribution in [1.29, 1.82) is 0 Å². The van der Waals surface area contributed by atoms with E-state index in [2.05, 4.69) is 15.5 Å². The smallest absolute Gasteiger partial charge is 0.322 e. The Morgan fingerprint density at radius 3 is 2.11 bits per heavy atom. The van der Waals surface area contributed by atoms with Crippen LogP contribution in [0.25, 0.3) is 11.5 Å². The molecule has 12 nitrogen and oxygen atoms in total. The fourth-order valence-electron chi connectivity index (χ4n) is 4.02. The van der Waals surface area contributed by atoms with Crippen molar-refractivity contribution in [2.75, 3.05) is 39.7 Å². The third kappa shape index (κ3) is 5.53. The number of carbonyl (C=O) groups excluding carboxylic acids is 1. The van der Waals surface area contributed by atoms with E-state index in [9.17, 15) is 13.2 Å². The highest BCUT2D eigenvalue weighted by Crippen LogP contribution is 2.41. The molecule has 1 aromatic heterocycles. The van der Waals surface area contributed by atoms with Crippen LogP contribution in [0.4, 0.5) is 6.01 Å². The number of hydrogen-bond donors (Lipinski definition) is 1. The van der Waals surface area contributed by atoms with Gasteiger partial charge in [-0.1, -0.05) is 5.10 Å². The first-order chi connectivity index (χ1) is 17.7. The molecule has 2 aromatic carbocycles. The molecule has 1 amide bonds. The number of nitrogens with one attached hydrogen (secondary N) is 1. The lowest BCUT2D eigenvalue weighted by atomic mass is 10.2. The molecule has 37 heavy (non-hydrogen) atoms. The lowest BCUT2D eigenvalue weighted by Gasteiger charge is -2.34. The van der Waals surface area contributed by atoms with Crippen molar-refractivity contribution in [3.05, 3.63) is 42.0 Å². The Hall–Kier alpha value is -3.68. The van der Waals surface area contributed by atoms with Crippen molar-refractivity contribution in [1.82, 2.24) is 14.5 Å². The van der Waals surface area contributed by atoms with Crippen molar-refractivity contribution >= 4 is 21.9 Å². The Balaban J connectivity index is 1.48. The second kappa shape index (κ2) is 10.7. The van der Waals surface area contributed by atoms with E-state index >= 15 is 0 Å². The number of anilines is 1. The second-order valence-electron chi connectivity index (χ2n) is 8.38. The molecule has 198 valence electrons. The Morgan fingerprint density at radius 1 is 0.973 bits per heavy atom. The normalized spacial score (nSPS) is 18.3. The number of benzene rings is 2. The lowest BCUT2D eigenvalue weighted by Crippen LogP contribution is -2.48. The molecule has 0 saturated carbocycles. The minimum absolute atomic E-state index is 0.0906. The van der Waals surface area contributed by atoms with Crippen LogP contribution in [-0.4, -0.2) is 75.5 Å². The summed E-state index contributed by atoms with van der Waals surface area (Å²) < 4.78 is 54.6. The van der Waals surface area contributed by atoms with Crippen molar-refractivity contribution in [3.8, 4) is 28.7 Å². The van der Waals surface area contributed by atoms with Gasteiger partial charge in [-0.2, -0.15) is 4.31 Å². The molecule has 0 bridgehead atoms. The number of amides is 1. The summed E-state index contributed by atoms with van der Waals surface area (Å²) in [7, 11) is 0.740. The Labute approximate surface area is 214 Å². The summed E-state index contributed by atoms with van der Waals surface area (Å²) >= 11 is 0. The van der Waals surface area contributed by atoms with E-state index in [4.69, 9.17) is 23.4 Å². The van der Waals surface area contributed by atoms with Crippen LogP contribution in [-0.2, 0) is 14.8 Å². The van der Waals surface area contributed by atoms with Crippen molar-refractivity contribution in [2.24, 2.45) is 0 Å². The SMILES string of the molecule is COc1cc(-c2nnc(NC(=O)c3ccc(S(=O)(=O)N4C[C@H](C)O[C@@H](C)C4)cc3)o2)cc(OC)c1OC. The van der Waals surface area contributed by atoms with E-state index in [1.54, 1.807) is 12.1 Å². The zero-order valence-corrected chi connectivity index (χ0v) is 21.9. The average molecular weight is 533 g/mol. The van der Waals surface area contributed by atoms with Gasteiger partial charge in [-0.05, 0) is 50.2 Å². The maximum absolute atomic E-state index is 13.0. The van der Waals surface area contributed by atoms with Gasteiger partial charge in [0.1, 0.15) is 0 Å². The van der Waals surface area contributed by atoms with Crippen LogP contribution in [0, 0.1) is 0 Å². The first kappa shape index (κ1) is 26.4. The van der Waals surface area contributed by atoms with E-state index < -0.39 is 15.9 Å². The number of aromatic nitrogens is 2. The van der Waals surface area contributed by atoms with Crippen LogP contribution in [0.2, 0.25) is 0 Å². The molecule has 3 aromatic rings. The minimum atomic E-state index is -3.72. The Kier molecular flexibility index (Phi) is 7.66. The average Bonchev–Trinajstić information content (AvgIpc) is 3.35. The largest absolute Gasteiger partial charge is 0.493 e. The van der Waals surface area contributed by atoms with Gasteiger partial charge in [-0.25, -0.2) is 8.42 Å². The van der Waals surface area contributed by atoms with Crippen molar-refractivity contribution in [3.63, 3.8) is 0 Å². The molecule has 13 heteroatoms. The summed E-state index contributed by atoms with van der Waals surface area (Å²) in [5.74, 6) is 0.779. The molecule has 1 aliphatic rings. The fraction of sp³-hybridized carbons (Fsp3) is 0.375. The summed E-state index contributed by atoms with van der Waals surface area (Å²) in [4.78, 5) is 12.8. The van der Waals surface area contributed by atoms with Crippen LogP contribution in [0.5, 0.6) is 17.2 Å². The van der Waals surface area contributed by atoms with E-state index in [0.29, 0.717) is 22.8 Å². The number of carbonyl (C=O) groups is 1. The van der Waals surface area contributed by atoms with Gasteiger partial charge < -0.3 is 23.4 Å². The zero-order chi connectivity index (χ0) is 26.7. The summed E-state index contributed by atoms with van der Waals surface area (Å²) in [6.07, 6.45) is -0.411. The molecule has 0 aliphatic carbocycles. The second-order valence-corrected chi connectivity index (χ2v) is 10.3. The molecule has 0 unspecified atom stereocenters. The summed E-state index contributed by atoms with van der Waals surface area (Å²) in [6, 6.07) is 8.76. The number of rotatable bonds is 8. The molecule has 1 N–H and O–H groups in total. The van der Waals surface area contributed by atoms with Gasteiger partial charge >= 0.3 is 6.01 Å². The highest BCUT2D eigenvalue weighted by Gasteiger charge is 2.32. The molecule has 0 radical (unpaired) electrons. The van der Waals surface area contributed by atoms with E-state index in [0.717, 1.165) is 0 Å². The molecule has 1 aliphatic heterocycles. The standard InChI is InChI=1S/C24H28N4O8S/c1-14-12-28(13-15(2)35-14)37(30,31)18-8-6-16(7-9-18)22(29)25-24-27-26-23(36-24)17-10-19(32-3)21(34-5)20(11-17)33-4/h6-11,14-15H,12-13H2,1-5H3,(H,25,27,29)/t14-,15-/m0/s1. The molecule has 2 heterocycles. The Bertz CT molecular complexity index is 1340. The number of methoxy groups -OCH3 is 3. The van der Waals surface area contributed by atoms with Gasteiger partial charge in [0.15, 0.2) is 11.5 Å². The number of ether oxygens (including phenoxy) is 4. The first-order valence-corrected chi connectivity index (χ1v) is 12.8. The van der Waals surface area contributed by atoms with Crippen LogP contribution in [0.3, 0.4) is 0 Å². The predicted octanol–water partition coefficient (Wildman–Crippen LogP) is 2.81. The first-order valence-electron chi connectivity index (χ1n) is 11.4. The molecular formula is C24H28N4O8S. The van der Waals surface area contributed by atoms with Crippen molar-refractivity contribution < 1.29 is 36.6 Å². The lowest BCUT2D eigenvalue weighted by molar-refractivity contribution is -0.0440. The molecule has 4 rings (SSSR count). The predicted molar refractivity (Wildman–Crippen MR) is 133 cm³/mol. The molecule has 0 spiro atoms. The summed E-state index contributed by atoms with van der Waals surface area (Å²) in [5.41, 5.74) is 0.707. The molecule has 1 saturated heterocycles. The highest BCUT2D eigenvalue weighted by molar-refractivity contribution is 7.89. The zero-order valence-electron chi connectivity index (χ0n) is 21.0. The number of sulfonamides is 1. The van der Waals surface area contributed by atoms with Crippen LogP contribution >= 0.6 is 0 Å². The monoisotopic (exact) mass is 532 g/mol. The topological polar surface area (TPSA) is 142 Å². The molecule has 2 atom stereocenters. The van der Waals surface area contributed by atoms with E-state index in [1.165, 1.54) is 49.9 Å². The maximum atomic E-state index is 13.0. The third-order valence-corrected chi connectivity index (χ3v) is 7.54. The molecule has 1 fully saturated rings. The van der Waals surface area contributed by atoms with Gasteiger partial charge in [-0.3, -0.25) is 10.1 Å². The maximum Gasteiger partial charge on any atom is 0.322 e.